The van der Waals surface area contributed by atoms with Gasteiger partial charge in [-0.25, -0.2) is 4.98 Å². The second-order valence-corrected chi connectivity index (χ2v) is 3.85. The molecule has 1 aromatic carbocycles. The van der Waals surface area contributed by atoms with E-state index in [0.29, 0.717) is 12.4 Å². The van der Waals surface area contributed by atoms with Crippen LogP contribution in [0.15, 0.2) is 42.6 Å². The number of halogens is 1. The summed E-state index contributed by atoms with van der Waals surface area (Å²) in [4.78, 5) is 4.00. The molecular weight excluding hydrogens is 222 g/mol. The molecule has 16 heavy (non-hydrogen) atoms. The van der Waals surface area contributed by atoms with E-state index >= 15 is 0 Å². The number of hydrogen-bond donors (Lipinski definition) is 2. The molecule has 0 aliphatic heterocycles. The minimum Gasteiger partial charge on any atom is -0.382 e. The topological polar surface area (TPSA) is 50.9 Å². The van der Waals surface area contributed by atoms with E-state index in [1.165, 1.54) is 0 Å². The highest BCUT2D eigenvalue weighted by molar-refractivity contribution is 6.30. The van der Waals surface area contributed by atoms with Gasteiger partial charge in [-0.2, -0.15) is 0 Å². The molecule has 0 saturated heterocycles. The van der Waals surface area contributed by atoms with Crippen LogP contribution in [-0.4, -0.2) is 4.98 Å². The summed E-state index contributed by atoms with van der Waals surface area (Å²) in [6.45, 7) is 0.701. The van der Waals surface area contributed by atoms with Crippen LogP contribution in [-0.2, 0) is 6.54 Å². The zero-order valence-electron chi connectivity index (χ0n) is 8.65. The van der Waals surface area contributed by atoms with Crippen molar-refractivity contribution in [1.29, 1.82) is 0 Å². The van der Waals surface area contributed by atoms with E-state index < -0.39 is 0 Å². The fraction of sp³-hybridized carbons (Fsp3) is 0.0833. The number of hydrogen-bond acceptors (Lipinski definition) is 3. The molecular formula is C12H12ClN3. The highest BCUT2D eigenvalue weighted by atomic mass is 35.5. The van der Waals surface area contributed by atoms with Crippen LogP contribution in [0.2, 0.25) is 5.02 Å². The first-order valence-corrected chi connectivity index (χ1v) is 5.32. The maximum Gasteiger partial charge on any atom is 0.146 e. The summed E-state index contributed by atoms with van der Waals surface area (Å²) in [5.41, 5.74) is 7.70. The van der Waals surface area contributed by atoms with Gasteiger partial charge in [0.15, 0.2) is 0 Å². The van der Waals surface area contributed by atoms with Gasteiger partial charge in [0.25, 0.3) is 0 Å². The molecule has 0 aliphatic rings. The second kappa shape index (κ2) is 4.86. The Morgan fingerprint density at radius 3 is 2.62 bits per heavy atom. The van der Waals surface area contributed by atoms with Crippen molar-refractivity contribution in [3.8, 4) is 0 Å². The molecule has 3 N–H and O–H groups in total. The van der Waals surface area contributed by atoms with Gasteiger partial charge in [-0.3, -0.25) is 0 Å². The Labute approximate surface area is 99.3 Å². The van der Waals surface area contributed by atoms with Crippen molar-refractivity contribution in [2.75, 3.05) is 11.1 Å². The lowest BCUT2D eigenvalue weighted by Gasteiger charge is -2.08. The van der Waals surface area contributed by atoms with E-state index in [1.807, 2.05) is 36.4 Å². The number of aromatic nitrogens is 1. The number of nitrogens with zero attached hydrogens (tertiary/aromatic N) is 1. The lowest BCUT2D eigenvalue weighted by Crippen LogP contribution is -2.03. The zero-order valence-corrected chi connectivity index (χ0v) is 9.41. The molecule has 1 aromatic heterocycles. The normalized spacial score (nSPS) is 10.1. The fourth-order valence-electron chi connectivity index (χ4n) is 1.37. The van der Waals surface area contributed by atoms with Crippen LogP contribution in [0.5, 0.6) is 0 Å². The van der Waals surface area contributed by atoms with E-state index in [4.69, 9.17) is 17.3 Å². The number of nitrogen functional groups attached to an aromatic ring is 1. The third kappa shape index (κ3) is 2.64. The fourth-order valence-corrected chi connectivity index (χ4v) is 1.49. The number of rotatable bonds is 3. The zero-order chi connectivity index (χ0) is 11.4. The van der Waals surface area contributed by atoms with E-state index in [-0.39, 0.29) is 0 Å². The van der Waals surface area contributed by atoms with Crippen molar-refractivity contribution in [2.24, 2.45) is 0 Å². The van der Waals surface area contributed by atoms with Crippen LogP contribution in [0.3, 0.4) is 0 Å². The standard InChI is InChI=1S/C12H12ClN3/c13-10-5-3-9(4-6-10)8-16-11-2-1-7-15-12(11)14/h1-7,16H,8H2,(H2,14,15). The van der Waals surface area contributed by atoms with E-state index in [0.717, 1.165) is 16.3 Å². The molecule has 0 unspecified atom stereocenters. The molecule has 0 radical (unpaired) electrons. The Bertz CT molecular complexity index is 468. The Hall–Kier alpha value is -1.74. The number of anilines is 2. The van der Waals surface area contributed by atoms with Gasteiger partial charge in [-0.15, -0.1) is 0 Å². The van der Waals surface area contributed by atoms with Gasteiger partial charge >= 0.3 is 0 Å². The molecule has 0 fully saturated rings. The summed E-state index contributed by atoms with van der Waals surface area (Å²) in [5, 5.41) is 3.96. The van der Waals surface area contributed by atoms with Crippen molar-refractivity contribution in [3.63, 3.8) is 0 Å². The van der Waals surface area contributed by atoms with Crippen molar-refractivity contribution in [2.45, 2.75) is 6.54 Å². The summed E-state index contributed by atoms with van der Waals surface area (Å²) in [6, 6.07) is 11.4. The van der Waals surface area contributed by atoms with Crippen molar-refractivity contribution >= 4 is 23.1 Å². The molecule has 0 bridgehead atoms. The third-order valence-electron chi connectivity index (χ3n) is 2.23. The first-order chi connectivity index (χ1) is 7.75. The van der Waals surface area contributed by atoms with Gasteiger partial charge in [0.2, 0.25) is 0 Å². The molecule has 0 spiro atoms. The Balaban J connectivity index is 2.02. The van der Waals surface area contributed by atoms with Crippen LogP contribution < -0.4 is 11.1 Å². The highest BCUT2D eigenvalue weighted by Crippen LogP contribution is 2.16. The molecule has 0 aliphatic carbocycles. The number of pyridine rings is 1. The maximum absolute atomic E-state index is 5.80. The second-order valence-electron chi connectivity index (χ2n) is 3.42. The van der Waals surface area contributed by atoms with Gasteiger partial charge in [0, 0.05) is 17.8 Å². The monoisotopic (exact) mass is 233 g/mol. The first-order valence-electron chi connectivity index (χ1n) is 4.94. The van der Waals surface area contributed by atoms with Gasteiger partial charge < -0.3 is 11.1 Å². The lowest BCUT2D eigenvalue weighted by atomic mass is 10.2. The van der Waals surface area contributed by atoms with E-state index in [2.05, 4.69) is 10.3 Å². The Morgan fingerprint density at radius 1 is 1.19 bits per heavy atom. The highest BCUT2D eigenvalue weighted by Gasteiger charge is 1.98. The molecule has 3 nitrogen and oxygen atoms in total. The molecule has 0 amide bonds. The average Bonchev–Trinajstić information content (AvgIpc) is 2.30. The van der Waals surface area contributed by atoms with Crippen LogP contribution in [0.4, 0.5) is 11.5 Å². The predicted molar refractivity (Wildman–Crippen MR) is 67.4 cm³/mol. The van der Waals surface area contributed by atoms with E-state index in [1.54, 1.807) is 6.20 Å². The third-order valence-corrected chi connectivity index (χ3v) is 2.49. The van der Waals surface area contributed by atoms with Crippen LogP contribution in [0.25, 0.3) is 0 Å². The summed E-state index contributed by atoms with van der Waals surface area (Å²) in [5.74, 6) is 0.511. The summed E-state index contributed by atoms with van der Waals surface area (Å²) >= 11 is 5.80. The smallest absolute Gasteiger partial charge is 0.146 e. The molecule has 2 aromatic rings. The SMILES string of the molecule is Nc1ncccc1NCc1ccc(Cl)cc1. The lowest BCUT2D eigenvalue weighted by molar-refractivity contribution is 1.14. The summed E-state index contributed by atoms with van der Waals surface area (Å²) < 4.78 is 0. The molecule has 0 saturated carbocycles. The largest absolute Gasteiger partial charge is 0.382 e. The van der Waals surface area contributed by atoms with Crippen LogP contribution in [0.1, 0.15) is 5.56 Å². The minimum absolute atomic E-state index is 0.511. The number of benzene rings is 1. The Kier molecular flexibility index (Phi) is 3.27. The number of nitrogens with two attached hydrogens (primary N) is 1. The molecule has 2 rings (SSSR count). The number of nitrogens with one attached hydrogen (secondary N) is 1. The van der Waals surface area contributed by atoms with Gasteiger partial charge in [0.05, 0.1) is 5.69 Å². The van der Waals surface area contributed by atoms with Gasteiger partial charge in [0.1, 0.15) is 5.82 Å². The quantitative estimate of drug-likeness (QED) is 0.857. The predicted octanol–water partition coefficient (Wildman–Crippen LogP) is 2.93. The Morgan fingerprint density at radius 2 is 1.94 bits per heavy atom. The van der Waals surface area contributed by atoms with Crippen LogP contribution >= 0.6 is 11.6 Å². The van der Waals surface area contributed by atoms with Crippen LogP contribution in [0, 0.1) is 0 Å². The average molecular weight is 234 g/mol. The summed E-state index contributed by atoms with van der Waals surface area (Å²) in [6.07, 6.45) is 1.67. The van der Waals surface area contributed by atoms with Gasteiger partial charge in [-0.05, 0) is 29.8 Å². The summed E-state index contributed by atoms with van der Waals surface area (Å²) in [7, 11) is 0. The van der Waals surface area contributed by atoms with E-state index in [9.17, 15) is 0 Å². The van der Waals surface area contributed by atoms with Gasteiger partial charge in [-0.1, -0.05) is 23.7 Å². The molecule has 1 heterocycles. The molecule has 82 valence electrons. The first kappa shape index (κ1) is 10.8. The maximum atomic E-state index is 5.80. The molecule has 4 heteroatoms. The van der Waals surface area contributed by atoms with Crippen molar-refractivity contribution < 1.29 is 0 Å². The van der Waals surface area contributed by atoms with Crippen molar-refractivity contribution in [3.05, 3.63) is 53.2 Å². The minimum atomic E-state index is 0.511. The molecule has 0 atom stereocenters. The van der Waals surface area contributed by atoms with Crippen molar-refractivity contribution in [1.82, 2.24) is 4.98 Å².